The largest absolute Gasteiger partial charge is 0.335 e. The molecule has 2 fully saturated rings. The van der Waals surface area contributed by atoms with Gasteiger partial charge < -0.3 is 10.2 Å². The molecule has 7 heteroatoms. The van der Waals surface area contributed by atoms with E-state index >= 15 is 0 Å². The standard InChI is InChI=1S/C13H15N3O3S/c1-2-8-3-6-20-9(8)10(17)16-5-4-13(7-16)11(18)14-12(19)15-13/h3,6H,2,4-5,7H2,1H3,(H2,14,15,18,19). The predicted molar refractivity (Wildman–Crippen MR) is 73.6 cm³/mol. The second-order valence-electron chi connectivity index (χ2n) is 5.10. The molecule has 1 atom stereocenters. The van der Waals surface area contributed by atoms with Crippen LogP contribution in [0.5, 0.6) is 0 Å². The Morgan fingerprint density at radius 3 is 2.95 bits per heavy atom. The van der Waals surface area contributed by atoms with Crippen LogP contribution in [0.15, 0.2) is 11.4 Å². The Bertz CT molecular complexity index is 597. The first kappa shape index (κ1) is 13.1. The van der Waals surface area contributed by atoms with Gasteiger partial charge in [-0.05, 0) is 29.9 Å². The van der Waals surface area contributed by atoms with E-state index in [2.05, 4.69) is 10.6 Å². The molecule has 2 aliphatic heterocycles. The van der Waals surface area contributed by atoms with Crippen molar-refractivity contribution in [3.8, 4) is 0 Å². The molecular weight excluding hydrogens is 278 g/mol. The lowest BCUT2D eigenvalue weighted by Gasteiger charge is -2.21. The number of rotatable bonds is 2. The van der Waals surface area contributed by atoms with Gasteiger partial charge in [-0.1, -0.05) is 6.92 Å². The fourth-order valence-electron chi connectivity index (χ4n) is 2.74. The summed E-state index contributed by atoms with van der Waals surface area (Å²) in [4.78, 5) is 38.0. The van der Waals surface area contributed by atoms with Crippen molar-refractivity contribution in [2.24, 2.45) is 0 Å². The number of hydrogen-bond acceptors (Lipinski definition) is 4. The minimum Gasteiger partial charge on any atom is -0.335 e. The molecule has 2 saturated heterocycles. The van der Waals surface area contributed by atoms with E-state index in [4.69, 9.17) is 0 Å². The maximum Gasteiger partial charge on any atom is 0.322 e. The van der Waals surface area contributed by atoms with Crippen molar-refractivity contribution >= 4 is 29.2 Å². The molecule has 1 unspecified atom stereocenters. The van der Waals surface area contributed by atoms with Crippen LogP contribution in [0.1, 0.15) is 28.6 Å². The second-order valence-corrected chi connectivity index (χ2v) is 6.01. The van der Waals surface area contributed by atoms with Gasteiger partial charge in [-0.15, -0.1) is 11.3 Å². The smallest absolute Gasteiger partial charge is 0.322 e. The van der Waals surface area contributed by atoms with Crippen LogP contribution in [0.4, 0.5) is 4.79 Å². The van der Waals surface area contributed by atoms with E-state index in [0.29, 0.717) is 13.0 Å². The Morgan fingerprint density at radius 2 is 2.30 bits per heavy atom. The van der Waals surface area contributed by atoms with E-state index in [-0.39, 0.29) is 18.4 Å². The molecule has 20 heavy (non-hydrogen) atoms. The van der Waals surface area contributed by atoms with Gasteiger partial charge in [-0.2, -0.15) is 0 Å². The first-order valence-corrected chi connectivity index (χ1v) is 7.43. The van der Waals surface area contributed by atoms with Crippen molar-refractivity contribution in [3.05, 3.63) is 21.9 Å². The van der Waals surface area contributed by atoms with Gasteiger partial charge in [0.15, 0.2) is 0 Å². The van der Waals surface area contributed by atoms with Crippen molar-refractivity contribution in [2.45, 2.75) is 25.3 Å². The molecule has 0 radical (unpaired) electrons. The number of hydrogen-bond donors (Lipinski definition) is 2. The lowest BCUT2D eigenvalue weighted by Crippen LogP contribution is -2.49. The van der Waals surface area contributed by atoms with E-state index in [1.165, 1.54) is 11.3 Å². The Labute approximate surface area is 120 Å². The summed E-state index contributed by atoms with van der Waals surface area (Å²) in [7, 11) is 0. The maximum atomic E-state index is 12.5. The molecular formula is C13H15N3O3S. The molecule has 1 aromatic heterocycles. The molecule has 0 saturated carbocycles. The zero-order valence-corrected chi connectivity index (χ0v) is 11.9. The monoisotopic (exact) mass is 293 g/mol. The molecule has 3 rings (SSSR count). The van der Waals surface area contributed by atoms with Crippen LogP contribution in [-0.2, 0) is 11.2 Å². The van der Waals surface area contributed by atoms with Crippen LogP contribution in [0.25, 0.3) is 0 Å². The number of carbonyl (C=O) groups excluding carboxylic acids is 3. The van der Waals surface area contributed by atoms with Crippen molar-refractivity contribution in [3.63, 3.8) is 0 Å². The average molecular weight is 293 g/mol. The first-order valence-electron chi connectivity index (χ1n) is 6.55. The topological polar surface area (TPSA) is 78.5 Å². The molecule has 0 aliphatic carbocycles. The van der Waals surface area contributed by atoms with Gasteiger partial charge in [-0.25, -0.2) is 4.79 Å². The summed E-state index contributed by atoms with van der Waals surface area (Å²) >= 11 is 1.42. The second kappa shape index (κ2) is 4.59. The molecule has 0 aromatic carbocycles. The number of likely N-dealkylation sites (tertiary alicyclic amines) is 1. The van der Waals surface area contributed by atoms with Gasteiger partial charge in [0, 0.05) is 6.54 Å². The fraction of sp³-hybridized carbons (Fsp3) is 0.462. The predicted octanol–water partition coefficient (Wildman–Crippen LogP) is 0.735. The minimum absolute atomic E-state index is 0.0531. The molecule has 6 nitrogen and oxygen atoms in total. The van der Waals surface area contributed by atoms with E-state index in [9.17, 15) is 14.4 Å². The van der Waals surface area contributed by atoms with Crippen LogP contribution in [0.3, 0.4) is 0 Å². The number of nitrogens with one attached hydrogen (secondary N) is 2. The van der Waals surface area contributed by atoms with Gasteiger partial charge >= 0.3 is 6.03 Å². The number of carbonyl (C=O) groups is 3. The van der Waals surface area contributed by atoms with Crippen molar-refractivity contribution < 1.29 is 14.4 Å². The summed E-state index contributed by atoms with van der Waals surface area (Å²) < 4.78 is 0. The average Bonchev–Trinajstić information content (AvgIpc) is 3.09. The third kappa shape index (κ3) is 1.89. The van der Waals surface area contributed by atoms with Crippen LogP contribution >= 0.6 is 11.3 Å². The van der Waals surface area contributed by atoms with Gasteiger partial charge in [0.2, 0.25) is 0 Å². The van der Waals surface area contributed by atoms with Crippen molar-refractivity contribution in [1.82, 2.24) is 15.5 Å². The highest BCUT2D eigenvalue weighted by atomic mass is 32.1. The van der Waals surface area contributed by atoms with Gasteiger partial charge in [0.05, 0.1) is 11.4 Å². The van der Waals surface area contributed by atoms with Gasteiger partial charge in [0.1, 0.15) is 5.54 Å². The summed E-state index contributed by atoms with van der Waals surface area (Å²) in [5.74, 6) is -0.387. The lowest BCUT2D eigenvalue weighted by atomic mass is 9.99. The van der Waals surface area contributed by atoms with E-state index in [0.717, 1.165) is 16.9 Å². The summed E-state index contributed by atoms with van der Waals surface area (Å²) in [6.07, 6.45) is 1.27. The SMILES string of the molecule is CCc1ccsc1C(=O)N1CCC2(C1)NC(=O)NC2=O. The number of amides is 4. The Morgan fingerprint density at radius 1 is 1.50 bits per heavy atom. The highest BCUT2D eigenvalue weighted by Gasteiger charge is 2.51. The maximum absolute atomic E-state index is 12.5. The third-order valence-electron chi connectivity index (χ3n) is 3.89. The number of thiophene rings is 1. The Kier molecular flexibility index (Phi) is 3.01. The molecule has 1 aromatic rings. The molecule has 106 valence electrons. The zero-order valence-electron chi connectivity index (χ0n) is 11.1. The quantitative estimate of drug-likeness (QED) is 0.789. The fourth-order valence-corrected chi connectivity index (χ4v) is 3.71. The van der Waals surface area contributed by atoms with Crippen LogP contribution in [0.2, 0.25) is 0 Å². The van der Waals surface area contributed by atoms with E-state index in [1.54, 1.807) is 4.90 Å². The highest BCUT2D eigenvalue weighted by molar-refractivity contribution is 7.12. The van der Waals surface area contributed by atoms with Crippen LogP contribution < -0.4 is 10.6 Å². The molecule has 2 aliphatic rings. The number of nitrogens with zero attached hydrogens (tertiary/aromatic N) is 1. The van der Waals surface area contributed by atoms with Crippen molar-refractivity contribution in [2.75, 3.05) is 13.1 Å². The number of aryl methyl sites for hydroxylation is 1. The van der Waals surface area contributed by atoms with Gasteiger partial charge in [0.25, 0.3) is 11.8 Å². The minimum atomic E-state index is -0.934. The van der Waals surface area contributed by atoms with Crippen LogP contribution in [-0.4, -0.2) is 41.4 Å². The molecule has 2 N–H and O–H groups in total. The summed E-state index contributed by atoms with van der Waals surface area (Å²) in [6, 6.07) is 1.48. The summed E-state index contributed by atoms with van der Waals surface area (Å²) in [5, 5.41) is 6.79. The van der Waals surface area contributed by atoms with Crippen LogP contribution in [0, 0.1) is 0 Å². The molecule has 3 heterocycles. The molecule has 1 spiro atoms. The first-order chi connectivity index (χ1) is 9.55. The van der Waals surface area contributed by atoms with E-state index in [1.807, 2.05) is 18.4 Å². The number of urea groups is 1. The lowest BCUT2D eigenvalue weighted by molar-refractivity contribution is -0.123. The third-order valence-corrected chi connectivity index (χ3v) is 4.84. The van der Waals surface area contributed by atoms with Gasteiger partial charge in [-0.3, -0.25) is 14.9 Å². The summed E-state index contributed by atoms with van der Waals surface area (Å²) in [6.45, 7) is 2.73. The molecule has 0 bridgehead atoms. The number of imide groups is 1. The highest BCUT2D eigenvalue weighted by Crippen LogP contribution is 2.28. The normalized spacial score (nSPS) is 25.1. The Hall–Kier alpha value is -1.89. The molecule has 4 amide bonds. The van der Waals surface area contributed by atoms with E-state index < -0.39 is 11.6 Å². The Balaban J connectivity index is 1.79. The zero-order chi connectivity index (χ0) is 14.3. The summed E-state index contributed by atoms with van der Waals surface area (Å²) in [5.41, 5.74) is 0.0944. The van der Waals surface area contributed by atoms with Crippen molar-refractivity contribution in [1.29, 1.82) is 0 Å².